The van der Waals surface area contributed by atoms with Gasteiger partial charge in [-0.2, -0.15) is 8.62 Å². The third-order valence-corrected chi connectivity index (χ3v) is 14.5. The molecule has 1 aromatic rings. The average molecular weight is 906 g/mol. The molecule has 1 aromatic heterocycles. The predicted octanol–water partition coefficient (Wildman–Crippen LogP) is 3.46. The standard InChI is InChI=1S/C26H42N3O18P3S4/c1-26(2,9-13-40-3)54-53-17-41-11-5-6-12-42-25(32)27-10-7-8-19-15-29(24(31)28-23(19)30)22-14-20(43-18-52-51-4)21(45-22)16-44-49(36,37)47-50(38,39)46-48(33,34)35/h14-15,20-21H,5-6,9-13,16-18H2,1-4H3,(H,27,32)(H,36,37)(H,38,39)(H,28,30,31)(H2,33,34,35)/t20-,21+/m0/s1. The van der Waals surface area contributed by atoms with E-state index < -0.39 is 59.6 Å². The molecule has 0 aromatic carbocycles. The lowest BCUT2D eigenvalue weighted by molar-refractivity contribution is -0.00210. The summed E-state index contributed by atoms with van der Waals surface area (Å²) in [7, 11) is -9.24. The maximum Gasteiger partial charge on any atom is 0.490 e. The summed E-state index contributed by atoms with van der Waals surface area (Å²) in [5.41, 5.74) is -2.03. The predicted molar refractivity (Wildman–Crippen MR) is 203 cm³/mol. The van der Waals surface area contributed by atoms with Crippen LogP contribution in [0.3, 0.4) is 0 Å². The Kier molecular flexibility index (Phi) is 21.6. The van der Waals surface area contributed by atoms with Crippen molar-refractivity contribution in [3.63, 3.8) is 0 Å². The number of hydrogen-bond donors (Lipinski definition) is 6. The SMILES string of the molecule is COCCC(C)(C)SSCOCCCCOC(=O)NCC#Cc1cn(C2=C[C@H](OCSSC)[C@@H](COP(=O)(O)OP(=O)(O)OP(=O)(O)O)O2)c(=O)[nH]c1=O. The first-order valence-electron chi connectivity index (χ1n) is 15.3. The molecule has 4 atom stereocenters. The number of nitrogens with one attached hydrogen (secondary N) is 2. The van der Waals surface area contributed by atoms with Crippen molar-refractivity contribution in [2.24, 2.45) is 0 Å². The van der Waals surface area contributed by atoms with Gasteiger partial charge in [-0.25, -0.2) is 27.9 Å². The Bertz CT molecular complexity index is 1730. The molecule has 2 unspecified atom stereocenters. The molecule has 21 nitrogen and oxygen atoms in total. The maximum atomic E-state index is 12.7. The Morgan fingerprint density at radius 3 is 2.46 bits per heavy atom. The first-order valence-corrected chi connectivity index (χ1v) is 24.9. The van der Waals surface area contributed by atoms with Gasteiger partial charge in [-0.1, -0.05) is 55.0 Å². The summed E-state index contributed by atoms with van der Waals surface area (Å²) in [6.07, 6.45) is 3.18. The summed E-state index contributed by atoms with van der Waals surface area (Å²) in [6, 6.07) is 0. The first-order chi connectivity index (χ1) is 25.3. The summed E-state index contributed by atoms with van der Waals surface area (Å²) < 4.78 is 74.9. The van der Waals surface area contributed by atoms with E-state index in [1.807, 2.05) is 0 Å². The number of hydrogen-bond acceptors (Lipinski definition) is 18. The molecule has 54 heavy (non-hydrogen) atoms. The lowest BCUT2D eigenvalue weighted by Gasteiger charge is -2.22. The fourth-order valence-electron chi connectivity index (χ4n) is 3.72. The number of aromatic nitrogens is 2. The molecule has 2 heterocycles. The molecular weight excluding hydrogens is 863 g/mol. The van der Waals surface area contributed by atoms with Gasteiger partial charge < -0.3 is 48.6 Å². The molecule has 0 radical (unpaired) electrons. The summed E-state index contributed by atoms with van der Waals surface area (Å²) in [5.74, 6) is 5.45. The maximum absolute atomic E-state index is 12.7. The van der Waals surface area contributed by atoms with Gasteiger partial charge in [0.15, 0.2) is 6.10 Å². The van der Waals surface area contributed by atoms with E-state index in [4.69, 9.17) is 33.5 Å². The van der Waals surface area contributed by atoms with E-state index in [2.05, 4.69) is 49.1 Å². The number of methoxy groups -OCH3 is 1. The lowest BCUT2D eigenvalue weighted by Crippen LogP contribution is -2.32. The number of phosphoric acid groups is 3. The van der Waals surface area contributed by atoms with E-state index in [9.17, 15) is 37.9 Å². The molecule has 1 amide bonds. The molecule has 1 aliphatic heterocycles. The van der Waals surface area contributed by atoms with Crippen molar-refractivity contribution in [2.45, 2.75) is 50.1 Å². The topological polar surface area (TPSA) is 290 Å². The second-order valence-corrected chi connectivity index (χ2v) is 20.9. The molecule has 0 aliphatic carbocycles. The molecule has 28 heteroatoms. The number of alkyl carbamates (subject to hydrolysis) is 1. The van der Waals surface area contributed by atoms with E-state index in [0.717, 1.165) is 17.2 Å². The van der Waals surface area contributed by atoms with Crippen molar-refractivity contribution < 1.29 is 74.9 Å². The highest BCUT2D eigenvalue weighted by Gasteiger charge is 2.42. The van der Waals surface area contributed by atoms with Gasteiger partial charge >= 0.3 is 35.3 Å². The fourth-order valence-corrected chi connectivity index (χ4v) is 9.79. The van der Waals surface area contributed by atoms with Crippen LogP contribution in [0.15, 0.2) is 21.9 Å². The number of nitrogens with zero attached hydrogens (tertiary/aromatic N) is 1. The van der Waals surface area contributed by atoms with Crippen molar-refractivity contribution in [1.82, 2.24) is 14.9 Å². The van der Waals surface area contributed by atoms with Crippen LogP contribution in [0.4, 0.5) is 4.79 Å². The zero-order chi connectivity index (χ0) is 40.4. The number of phosphoric ester groups is 1. The van der Waals surface area contributed by atoms with E-state index in [1.165, 1.54) is 27.7 Å². The first kappa shape index (κ1) is 48.9. The molecule has 2 rings (SSSR count). The van der Waals surface area contributed by atoms with Crippen LogP contribution in [0, 0.1) is 11.8 Å². The largest absolute Gasteiger partial charge is 0.490 e. The Morgan fingerprint density at radius 2 is 1.78 bits per heavy atom. The van der Waals surface area contributed by atoms with E-state index in [0.29, 0.717) is 32.0 Å². The Morgan fingerprint density at radius 1 is 1.06 bits per heavy atom. The summed E-state index contributed by atoms with van der Waals surface area (Å²) in [6.45, 7) is 4.54. The second kappa shape index (κ2) is 23.8. The number of carbonyl (C=O) groups excluding carboxylic acids is 1. The van der Waals surface area contributed by atoms with Crippen LogP contribution in [0.2, 0.25) is 0 Å². The van der Waals surface area contributed by atoms with Gasteiger partial charge in [0, 0.05) is 37.3 Å². The van der Waals surface area contributed by atoms with Gasteiger partial charge in [0.1, 0.15) is 23.5 Å². The monoisotopic (exact) mass is 905 g/mol. The molecule has 6 N–H and O–H groups in total. The Hall–Kier alpha value is -1.26. The van der Waals surface area contributed by atoms with Crippen molar-refractivity contribution in [3.8, 4) is 11.8 Å². The van der Waals surface area contributed by atoms with Crippen LogP contribution >= 0.6 is 66.6 Å². The quantitative estimate of drug-likeness (QED) is 0.0269. The van der Waals surface area contributed by atoms with Gasteiger partial charge in [-0.3, -0.25) is 14.3 Å². The lowest BCUT2D eigenvalue weighted by atomic mass is 10.1. The van der Waals surface area contributed by atoms with Crippen LogP contribution in [0.5, 0.6) is 0 Å². The molecule has 308 valence electrons. The van der Waals surface area contributed by atoms with Gasteiger partial charge in [0.2, 0.25) is 5.88 Å². The summed E-state index contributed by atoms with van der Waals surface area (Å²) >= 11 is 0. The average Bonchev–Trinajstić information content (AvgIpc) is 3.45. The number of amides is 1. The van der Waals surface area contributed by atoms with Gasteiger partial charge in [0.25, 0.3) is 5.56 Å². The third-order valence-electron chi connectivity index (χ3n) is 6.15. The zero-order valence-corrected chi connectivity index (χ0v) is 35.3. The number of carbonyl (C=O) groups is 1. The second-order valence-electron chi connectivity index (χ2n) is 11.0. The molecule has 1 aliphatic rings. The number of aromatic amines is 1. The highest BCUT2D eigenvalue weighted by Crippen LogP contribution is 2.66. The van der Waals surface area contributed by atoms with Crippen molar-refractivity contribution in [1.29, 1.82) is 0 Å². The smallest absolute Gasteiger partial charge is 0.470 e. The number of rotatable bonds is 25. The molecule has 0 fully saturated rings. The number of H-pyrrole nitrogens is 1. The van der Waals surface area contributed by atoms with Crippen molar-refractivity contribution >= 4 is 78.6 Å². The number of ether oxygens (including phenoxy) is 5. The highest BCUT2D eigenvalue weighted by molar-refractivity contribution is 8.77. The van der Waals surface area contributed by atoms with E-state index in [-0.39, 0.29) is 35.3 Å². The van der Waals surface area contributed by atoms with Crippen LogP contribution < -0.4 is 16.6 Å². The molecule has 0 saturated heterocycles. The van der Waals surface area contributed by atoms with Gasteiger partial charge in [-0.05, 0) is 39.4 Å². The van der Waals surface area contributed by atoms with Gasteiger partial charge in [0.05, 0.1) is 19.8 Å². The molecule has 0 spiro atoms. The van der Waals surface area contributed by atoms with Crippen LogP contribution in [0.1, 0.15) is 38.7 Å². The van der Waals surface area contributed by atoms with Crippen LogP contribution in [-0.4, -0.2) is 110 Å². The summed E-state index contributed by atoms with van der Waals surface area (Å²) in [4.78, 5) is 75.8. The van der Waals surface area contributed by atoms with Crippen LogP contribution in [-0.2, 0) is 50.5 Å². The zero-order valence-electron chi connectivity index (χ0n) is 29.3. The number of unbranched alkanes of at least 4 members (excludes halogenated alkanes) is 1. The molecule has 0 saturated carbocycles. The normalized spacial score (nSPS) is 18.1. The minimum atomic E-state index is -5.77. The van der Waals surface area contributed by atoms with E-state index in [1.54, 1.807) is 35.0 Å². The summed E-state index contributed by atoms with van der Waals surface area (Å²) in [5, 5.41) is 2.42. The van der Waals surface area contributed by atoms with Crippen molar-refractivity contribution in [3.05, 3.63) is 38.7 Å². The fraction of sp³-hybridized carbons (Fsp3) is 0.654. The Labute approximate surface area is 325 Å². The highest BCUT2D eigenvalue weighted by atomic mass is 33.1. The van der Waals surface area contributed by atoms with E-state index >= 15 is 0 Å². The molecule has 0 bridgehead atoms. The third kappa shape index (κ3) is 20.2. The minimum Gasteiger partial charge on any atom is -0.470 e. The molecular formula is C26H42N3O18P3S4. The minimum absolute atomic E-state index is 0.0550. The van der Waals surface area contributed by atoms with Crippen LogP contribution in [0.25, 0.3) is 5.88 Å². The van der Waals surface area contributed by atoms with Gasteiger partial charge in [-0.15, -0.1) is 0 Å². The van der Waals surface area contributed by atoms with Crippen molar-refractivity contribution in [2.75, 3.05) is 58.2 Å². The Balaban J connectivity index is 1.91.